The Hall–Kier alpha value is -3.77. The van der Waals surface area contributed by atoms with E-state index in [0.29, 0.717) is 23.7 Å². The summed E-state index contributed by atoms with van der Waals surface area (Å²) in [5.74, 6) is 1.23. The maximum Gasteiger partial charge on any atom is 0.418 e. The van der Waals surface area contributed by atoms with E-state index in [1.165, 1.54) is 18.2 Å². The number of para-hydroxylation sites is 1. The van der Waals surface area contributed by atoms with Crippen molar-refractivity contribution >= 4 is 27.4 Å². The molecule has 2 amide bonds. The van der Waals surface area contributed by atoms with Crippen molar-refractivity contribution in [2.75, 3.05) is 35.9 Å². The van der Waals surface area contributed by atoms with Crippen LogP contribution in [0.15, 0.2) is 72.8 Å². The van der Waals surface area contributed by atoms with E-state index in [-0.39, 0.29) is 11.7 Å². The van der Waals surface area contributed by atoms with Gasteiger partial charge in [-0.1, -0.05) is 37.6 Å². The molecule has 0 aliphatic carbocycles. The van der Waals surface area contributed by atoms with E-state index < -0.39 is 27.8 Å². The summed E-state index contributed by atoms with van der Waals surface area (Å²) in [6.07, 6.45) is -0.378. The van der Waals surface area contributed by atoms with Crippen LogP contribution in [0.3, 0.4) is 0 Å². The first-order valence-electron chi connectivity index (χ1n) is 14.2. The second-order valence-corrected chi connectivity index (χ2v) is 12.4. The largest absolute Gasteiger partial charge is 0.457 e. The van der Waals surface area contributed by atoms with Crippen LogP contribution >= 0.6 is 0 Å². The lowest BCUT2D eigenvalue weighted by Gasteiger charge is -2.38. The molecule has 0 saturated carbocycles. The molecule has 3 aromatic carbocycles. The lowest BCUT2D eigenvalue weighted by molar-refractivity contribution is -0.136. The Morgan fingerprint density at radius 3 is 2.16 bits per heavy atom. The molecule has 4 rings (SSSR count). The summed E-state index contributed by atoms with van der Waals surface area (Å²) in [6, 6.07) is 18.8. The van der Waals surface area contributed by atoms with Crippen LogP contribution in [0.1, 0.15) is 43.7 Å². The third kappa shape index (κ3) is 9.62. The van der Waals surface area contributed by atoms with E-state index in [4.69, 9.17) is 4.74 Å². The maximum atomic E-state index is 13.5. The first-order chi connectivity index (χ1) is 20.4. The molecule has 12 heteroatoms. The van der Waals surface area contributed by atoms with Crippen LogP contribution in [-0.4, -0.2) is 56.2 Å². The number of halogens is 3. The first kappa shape index (κ1) is 32.2. The lowest BCUT2D eigenvalue weighted by Crippen LogP contribution is -2.49. The molecular weight excluding hydrogens is 581 g/mol. The van der Waals surface area contributed by atoms with Crippen LogP contribution < -0.4 is 14.8 Å². The lowest BCUT2D eigenvalue weighted by atomic mass is 10.0. The number of nitrogens with one attached hydrogen (secondary N) is 2. The highest BCUT2D eigenvalue weighted by atomic mass is 32.2. The van der Waals surface area contributed by atoms with E-state index >= 15 is 0 Å². The zero-order valence-corrected chi connectivity index (χ0v) is 25.0. The molecule has 1 heterocycles. The number of amides is 2. The van der Waals surface area contributed by atoms with Crippen LogP contribution in [0.5, 0.6) is 11.5 Å². The molecule has 0 atom stereocenters. The van der Waals surface area contributed by atoms with Gasteiger partial charge >= 0.3 is 12.2 Å². The van der Waals surface area contributed by atoms with Crippen LogP contribution in [0.25, 0.3) is 0 Å². The molecule has 2 N–H and O–H groups in total. The number of benzene rings is 3. The van der Waals surface area contributed by atoms with Crippen LogP contribution in [0, 0.1) is 0 Å². The number of nitrogens with zero attached hydrogens (tertiary/aromatic N) is 2. The van der Waals surface area contributed by atoms with Gasteiger partial charge in [-0.3, -0.25) is 9.62 Å². The molecule has 1 aliphatic rings. The summed E-state index contributed by atoms with van der Waals surface area (Å²) in [5, 5.41) is 2.52. The van der Waals surface area contributed by atoms with Gasteiger partial charge in [-0.25, -0.2) is 13.2 Å². The van der Waals surface area contributed by atoms with Gasteiger partial charge in [-0.05, 0) is 73.4 Å². The molecule has 3 aromatic rings. The number of piperidine rings is 1. The summed E-state index contributed by atoms with van der Waals surface area (Å²) in [4.78, 5) is 17.2. The minimum atomic E-state index is -4.56. The summed E-state index contributed by atoms with van der Waals surface area (Å²) in [7, 11) is -3.35. The fourth-order valence-corrected chi connectivity index (χ4v) is 5.62. The zero-order chi connectivity index (χ0) is 31.0. The third-order valence-corrected chi connectivity index (χ3v) is 7.81. The quantitative estimate of drug-likeness (QED) is 0.238. The normalized spacial score (nSPS) is 14.7. The molecule has 232 valence electrons. The van der Waals surface area contributed by atoms with Gasteiger partial charge in [0.25, 0.3) is 0 Å². The van der Waals surface area contributed by atoms with Crippen molar-refractivity contribution in [2.45, 2.75) is 51.4 Å². The molecular formula is C31H37F3N4O4S. The van der Waals surface area contributed by atoms with E-state index in [0.717, 1.165) is 63.2 Å². The van der Waals surface area contributed by atoms with E-state index in [9.17, 15) is 26.4 Å². The smallest absolute Gasteiger partial charge is 0.418 e. The number of sulfonamides is 1. The summed E-state index contributed by atoms with van der Waals surface area (Å²) < 4.78 is 71.4. The van der Waals surface area contributed by atoms with Gasteiger partial charge in [0, 0.05) is 37.9 Å². The van der Waals surface area contributed by atoms with E-state index in [2.05, 4.69) is 14.9 Å². The van der Waals surface area contributed by atoms with E-state index in [1.807, 2.05) is 31.2 Å². The fraction of sp³-hybridized carbons (Fsp3) is 0.387. The highest BCUT2D eigenvalue weighted by Crippen LogP contribution is 2.35. The standard InChI is InChI=1S/C31H37F3N4O4S/c1-3-4-19-38(30(39)35-29-8-6-5-7-28(29)31(32,33)34)25-17-20-37(21-18-25)22-23-9-13-26(14-10-23)42-27-15-11-24(12-16-27)36-43(2,40)41/h5-16,25,36H,3-4,17-22H2,1-2H3,(H,35,39). The number of likely N-dealkylation sites (tertiary alicyclic amines) is 1. The number of carbonyl (C=O) groups is 1. The Kier molecular flexibility index (Phi) is 10.6. The number of rotatable bonds is 11. The van der Waals surface area contributed by atoms with Crippen LogP contribution in [0.4, 0.5) is 29.3 Å². The predicted octanol–water partition coefficient (Wildman–Crippen LogP) is 7.17. The molecule has 1 fully saturated rings. The number of anilines is 2. The number of hydrogen-bond acceptors (Lipinski definition) is 5. The fourth-order valence-electron chi connectivity index (χ4n) is 5.06. The van der Waals surface area contributed by atoms with Gasteiger partial charge in [0.1, 0.15) is 11.5 Å². The highest BCUT2D eigenvalue weighted by molar-refractivity contribution is 7.92. The molecule has 1 aliphatic heterocycles. The summed E-state index contributed by atoms with van der Waals surface area (Å²) in [6.45, 7) is 4.74. The Labute approximate surface area is 250 Å². The van der Waals surface area contributed by atoms with Gasteiger partial charge in [0.15, 0.2) is 0 Å². The van der Waals surface area contributed by atoms with Gasteiger partial charge < -0.3 is 15.0 Å². The van der Waals surface area contributed by atoms with Gasteiger partial charge in [0.2, 0.25) is 10.0 Å². The summed E-state index contributed by atoms with van der Waals surface area (Å²) >= 11 is 0. The molecule has 0 unspecified atom stereocenters. The minimum absolute atomic E-state index is 0.0596. The summed E-state index contributed by atoms with van der Waals surface area (Å²) in [5.41, 5.74) is 0.467. The number of alkyl halides is 3. The van der Waals surface area contributed by atoms with Crippen molar-refractivity contribution in [3.05, 3.63) is 83.9 Å². The molecule has 0 bridgehead atoms. The number of urea groups is 1. The second kappa shape index (κ2) is 14.1. The molecule has 1 saturated heterocycles. The minimum Gasteiger partial charge on any atom is -0.457 e. The first-order valence-corrected chi connectivity index (χ1v) is 16.1. The van der Waals surface area contributed by atoms with Crippen molar-refractivity contribution in [3.8, 4) is 11.5 Å². The predicted molar refractivity (Wildman–Crippen MR) is 162 cm³/mol. The molecule has 8 nitrogen and oxygen atoms in total. The SMILES string of the molecule is CCCCN(C(=O)Nc1ccccc1C(F)(F)F)C1CCN(Cc2ccc(Oc3ccc(NS(C)(=O)=O)cc3)cc2)CC1. The Morgan fingerprint density at radius 1 is 0.977 bits per heavy atom. The van der Waals surface area contributed by atoms with Crippen molar-refractivity contribution in [2.24, 2.45) is 0 Å². The van der Waals surface area contributed by atoms with Crippen LogP contribution in [0.2, 0.25) is 0 Å². The van der Waals surface area contributed by atoms with Crippen molar-refractivity contribution in [1.82, 2.24) is 9.80 Å². The number of unbranched alkanes of at least 4 members (excludes halogenated alkanes) is 1. The molecule has 0 radical (unpaired) electrons. The number of hydrogen-bond donors (Lipinski definition) is 2. The van der Waals surface area contributed by atoms with Gasteiger partial charge in [-0.2, -0.15) is 13.2 Å². The van der Waals surface area contributed by atoms with E-state index in [1.54, 1.807) is 29.2 Å². The maximum absolute atomic E-state index is 13.5. The Balaban J connectivity index is 1.31. The molecule has 0 aromatic heterocycles. The van der Waals surface area contributed by atoms with Gasteiger partial charge in [0.05, 0.1) is 17.5 Å². The third-order valence-electron chi connectivity index (χ3n) is 7.21. The van der Waals surface area contributed by atoms with Crippen LogP contribution in [-0.2, 0) is 22.7 Å². The van der Waals surface area contributed by atoms with Crippen molar-refractivity contribution in [1.29, 1.82) is 0 Å². The Bertz CT molecular complexity index is 1460. The van der Waals surface area contributed by atoms with Gasteiger partial charge in [-0.15, -0.1) is 0 Å². The average molecular weight is 619 g/mol. The van der Waals surface area contributed by atoms with Crippen molar-refractivity contribution < 1.29 is 31.1 Å². The Morgan fingerprint density at radius 2 is 1.58 bits per heavy atom. The monoisotopic (exact) mass is 618 g/mol. The number of carbonyl (C=O) groups excluding carboxylic acids is 1. The topological polar surface area (TPSA) is 91.0 Å². The number of ether oxygens (including phenoxy) is 1. The zero-order valence-electron chi connectivity index (χ0n) is 24.2. The molecule has 0 spiro atoms. The second-order valence-electron chi connectivity index (χ2n) is 10.7. The highest BCUT2D eigenvalue weighted by Gasteiger charge is 2.35. The molecule has 43 heavy (non-hydrogen) atoms. The average Bonchev–Trinajstić information content (AvgIpc) is 2.95. The van der Waals surface area contributed by atoms with Crippen molar-refractivity contribution in [3.63, 3.8) is 0 Å².